The van der Waals surface area contributed by atoms with Crippen molar-refractivity contribution in [3.8, 4) is 0 Å². The standard InChI is InChI=1S/C84H160O17P2/c1-5-9-13-17-21-25-29-32-35-37-39-41-44-47-51-55-59-63-67-71-84(89)101-80(75-95-82(87)69-65-61-57-53-49-45-43-40-38-36-33-30-26-22-18-14-10-6-2)77-99-103(92,93)97-73-78(85)72-96-102(90,91)98-76-79(74-94-81(86)68-64-60-56-52-48-28-24-20-16-12-8-4)100-83(88)70-66-62-58-54-50-46-42-34-31-27-23-19-15-11-7-3/h27,31,34,42,78-80,85H,5-26,28-30,32-33,35-41,43-77H2,1-4H3,(H,90,91)(H,92,93)/b31-27-,42-34-/t78-,79+,80+/m0/s1. The van der Waals surface area contributed by atoms with E-state index >= 15 is 0 Å². The molecule has 0 heterocycles. The van der Waals surface area contributed by atoms with Crippen LogP contribution in [0.25, 0.3) is 0 Å². The molecule has 0 aromatic heterocycles. The molecule has 19 heteroatoms. The molecule has 17 nitrogen and oxygen atoms in total. The number of carbonyl (C=O) groups is 4. The van der Waals surface area contributed by atoms with E-state index in [1.165, 1.54) is 250 Å². The summed E-state index contributed by atoms with van der Waals surface area (Å²) in [7, 11) is -9.93. The number of hydrogen-bond acceptors (Lipinski definition) is 15. The van der Waals surface area contributed by atoms with Gasteiger partial charge in [-0.15, -0.1) is 0 Å². The molecule has 0 aromatic carbocycles. The minimum Gasteiger partial charge on any atom is -0.462 e. The second-order valence-electron chi connectivity index (χ2n) is 29.5. The Balaban J connectivity index is 5.27. The van der Waals surface area contributed by atoms with E-state index in [0.29, 0.717) is 25.7 Å². The second-order valence-corrected chi connectivity index (χ2v) is 32.4. The first-order valence-electron chi connectivity index (χ1n) is 43.1. The van der Waals surface area contributed by atoms with Gasteiger partial charge >= 0.3 is 39.5 Å². The van der Waals surface area contributed by atoms with Crippen LogP contribution in [0.15, 0.2) is 24.3 Å². The lowest BCUT2D eigenvalue weighted by atomic mass is 10.0. The molecule has 0 saturated carbocycles. The Hall–Kier alpha value is -2.46. The number of aliphatic hydroxyl groups excluding tert-OH is 1. The maximum absolute atomic E-state index is 13.1. The molecule has 0 fully saturated rings. The summed E-state index contributed by atoms with van der Waals surface area (Å²) in [6.07, 6.45) is 74.3. The predicted octanol–water partition coefficient (Wildman–Crippen LogP) is 25.3. The fourth-order valence-corrected chi connectivity index (χ4v) is 14.2. The van der Waals surface area contributed by atoms with Crippen LogP contribution >= 0.6 is 15.6 Å². The number of esters is 4. The van der Waals surface area contributed by atoms with Crippen LogP contribution in [0.1, 0.15) is 432 Å². The van der Waals surface area contributed by atoms with Crippen LogP contribution in [0, 0.1) is 0 Å². The molecule has 608 valence electrons. The average molecular weight is 1500 g/mol. The summed E-state index contributed by atoms with van der Waals surface area (Å²) in [6.45, 7) is 4.98. The van der Waals surface area contributed by atoms with Gasteiger partial charge in [-0.1, -0.05) is 379 Å². The number of phosphoric ester groups is 2. The van der Waals surface area contributed by atoms with Crippen LogP contribution in [0.2, 0.25) is 0 Å². The number of allylic oxidation sites excluding steroid dienone is 4. The summed E-state index contributed by atoms with van der Waals surface area (Å²) in [4.78, 5) is 73.1. The molecule has 3 N–H and O–H groups in total. The SMILES string of the molecule is CCCCCC/C=C\C=C/CCCCCCCC(=O)O[C@H](COC(=O)CCCCCCCCCCCCC)COP(=O)(O)OC[C@H](O)COP(=O)(O)OC[C@@H](COC(=O)CCCCCCCCCCCCCCCCCCCC)OC(=O)CCCCCCCCCCCCCCCCCCCCC. The maximum atomic E-state index is 13.1. The van der Waals surface area contributed by atoms with Gasteiger partial charge in [0.05, 0.1) is 26.4 Å². The lowest BCUT2D eigenvalue weighted by Crippen LogP contribution is -2.30. The highest BCUT2D eigenvalue weighted by Crippen LogP contribution is 2.45. The van der Waals surface area contributed by atoms with Crippen molar-refractivity contribution in [2.24, 2.45) is 0 Å². The highest BCUT2D eigenvalue weighted by atomic mass is 31.2. The molecule has 0 saturated heterocycles. The van der Waals surface area contributed by atoms with Gasteiger partial charge in [-0.25, -0.2) is 9.13 Å². The number of unbranched alkanes of at least 4 members (excludes halogenated alkanes) is 54. The molecule has 0 rings (SSSR count). The van der Waals surface area contributed by atoms with Gasteiger partial charge in [-0.05, 0) is 51.4 Å². The van der Waals surface area contributed by atoms with Gasteiger partial charge in [0.2, 0.25) is 0 Å². The molecule has 0 bridgehead atoms. The Morgan fingerprint density at radius 3 is 0.709 bits per heavy atom. The molecular formula is C84H160O17P2. The third-order valence-electron chi connectivity index (χ3n) is 19.2. The van der Waals surface area contributed by atoms with Crippen LogP contribution in [0.4, 0.5) is 0 Å². The first-order chi connectivity index (χ1) is 50.2. The fraction of sp³-hybridized carbons (Fsp3) is 0.905. The fourth-order valence-electron chi connectivity index (χ4n) is 12.6. The Labute approximate surface area is 631 Å². The summed E-state index contributed by atoms with van der Waals surface area (Å²) in [6, 6.07) is 0. The zero-order valence-corrected chi connectivity index (χ0v) is 68.6. The summed E-state index contributed by atoms with van der Waals surface area (Å²) >= 11 is 0. The monoisotopic (exact) mass is 1500 g/mol. The Bertz CT molecular complexity index is 2040. The maximum Gasteiger partial charge on any atom is 0.472 e. The van der Waals surface area contributed by atoms with Crippen LogP contribution in [0.5, 0.6) is 0 Å². The molecule has 0 aromatic rings. The summed E-state index contributed by atoms with van der Waals surface area (Å²) < 4.78 is 68.8. The van der Waals surface area contributed by atoms with Crippen LogP contribution < -0.4 is 0 Å². The number of aliphatic hydroxyl groups is 1. The molecule has 0 spiro atoms. The molecule has 0 radical (unpaired) electrons. The van der Waals surface area contributed by atoms with E-state index in [-0.39, 0.29) is 25.7 Å². The number of rotatable bonds is 83. The van der Waals surface area contributed by atoms with Gasteiger partial charge in [0.25, 0.3) is 0 Å². The van der Waals surface area contributed by atoms with E-state index in [0.717, 1.165) is 103 Å². The molecule has 0 amide bonds. The minimum atomic E-state index is -4.97. The van der Waals surface area contributed by atoms with Gasteiger partial charge in [0.1, 0.15) is 19.3 Å². The molecule has 2 unspecified atom stereocenters. The lowest BCUT2D eigenvalue weighted by Gasteiger charge is -2.21. The van der Waals surface area contributed by atoms with Crippen LogP contribution in [0.3, 0.4) is 0 Å². The Morgan fingerprint density at radius 1 is 0.272 bits per heavy atom. The third-order valence-corrected chi connectivity index (χ3v) is 21.1. The topological polar surface area (TPSA) is 237 Å². The van der Waals surface area contributed by atoms with Crippen molar-refractivity contribution in [1.29, 1.82) is 0 Å². The number of carbonyl (C=O) groups excluding carboxylic acids is 4. The zero-order chi connectivity index (χ0) is 75.3. The van der Waals surface area contributed by atoms with Crippen molar-refractivity contribution in [3.05, 3.63) is 24.3 Å². The van der Waals surface area contributed by atoms with Crippen LogP contribution in [-0.4, -0.2) is 96.7 Å². The van der Waals surface area contributed by atoms with E-state index in [1.54, 1.807) is 0 Å². The highest BCUT2D eigenvalue weighted by Gasteiger charge is 2.30. The quantitative estimate of drug-likeness (QED) is 0.0169. The molecule has 0 aliphatic rings. The number of phosphoric acid groups is 2. The minimum absolute atomic E-state index is 0.0860. The van der Waals surface area contributed by atoms with Crippen molar-refractivity contribution >= 4 is 39.5 Å². The largest absolute Gasteiger partial charge is 0.472 e. The van der Waals surface area contributed by atoms with E-state index in [9.17, 15) is 43.2 Å². The van der Waals surface area contributed by atoms with Crippen molar-refractivity contribution in [1.82, 2.24) is 0 Å². The Morgan fingerprint density at radius 2 is 0.466 bits per heavy atom. The van der Waals surface area contributed by atoms with E-state index in [2.05, 4.69) is 52.0 Å². The first kappa shape index (κ1) is 101. The molecule has 0 aliphatic heterocycles. The summed E-state index contributed by atoms with van der Waals surface area (Å²) in [5.74, 6) is -2.13. The van der Waals surface area contributed by atoms with Gasteiger partial charge in [-0.3, -0.25) is 37.3 Å². The van der Waals surface area contributed by atoms with Gasteiger partial charge in [-0.2, -0.15) is 0 Å². The predicted molar refractivity (Wildman–Crippen MR) is 423 cm³/mol. The average Bonchev–Trinajstić information content (AvgIpc) is 0.913. The van der Waals surface area contributed by atoms with E-state index < -0.39 is 97.5 Å². The van der Waals surface area contributed by atoms with Crippen molar-refractivity contribution < 1.29 is 80.2 Å². The zero-order valence-electron chi connectivity index (χ0n) is 66.8. The molecule has 0 aliphatic carbocycles. The Kier molecular flexibility index (Phi) is 75.8. The van der Waals surface area contributed by atoms with Gasteiger partial charge in [0, 0.05) is 25.7 Å². The highest BCUT2D eigenvalue weighted by molar-refractivity contribution is 7.47. The third kappa shape index (κ3) is 77.5. The number of hydrogen-bond donors (Lipinski definition) is 3. The van der Waals surface area contributed by atoms with Crippen LogP contribution in [-0.2, 0) is 65.4 Å². The smallest absolute Gasteiger partial charge is 0.462 e. The summed E-state index contributed by atoms with van der Waals surface area (Å²) in [5.41, 5.74) is 0. The first-order valence-corrected chi connectivity index (χ1v) is 46.1. The van der Waals surface area contributed by atoms with E-state index in [1.807, 2.05) is 0 Å². The summed E-state index contributed by atoms with van der Waals surface area (Å²) in [5, 5.41) is 10.7. The molecular weight excluding hydrogens is 1340 g/mol. The van der Waals surface area contributed by atoms with Crippen molar-refractivity contribution in [3.63, 3.8) is 0 Å². The van der Waals surface area contributed by atoms with Gasteiger partial charge in [0.15, 0.2) is 12.2 Å². The molecule has 103 heavy (non-hydrogen) atoms. The van der Waals surface area contributed by atoms with Crippen molar-refractivity contribution in [2.45, 2.75) is 451 Å². The second kappa shape index (κ2) is 77.7. The van der Waals surface area contributed by atoms with Gasteiger partial charge < -0.3 is 33.8 Å². The van der Waals surface area contributed by atoms with E-state index in [4.69, 9.17) is 37.0 Å². The van der Waals surface area contributed by atoms with Crippen molar-refractivity contribution in [2.75, 3.05) is 39.6 Å². The lowest BCUT2D eigenvalue weighted by molar-refractivity contribution is -0.161. The normalized spacial score (nSPS) is 13.9. The number of ether oxygens (including phenoxy) is 4. The molecule has 5 atom stereocenters.